The second-order valence-corrected chi connectivity index (χ2v) is 9.27. The highest BCUT2D eigenvalue weighted by Crippen LogP contribution is 2.32. The molecular weight excluding hydrogens is 468 g/mol. The van der Waals surface area contributed by atoms with Gasteiger partial charge in [0, 0.05) is 24.5 Å². The maximum absolute atomic E-state index is 13.9. The van der Waals surface area contributed by atoms with Gasteiger partial charge in [-0.15, -0.1) is 11.3 Å². The number of anilines is 2. The van der Waals surface area contributed by atoms with Crippen LogP contribution in [0.1, 0.15) is 40.7 Å². The molecule has 0 unspecified atom stereocenters. The summed E-state index contributed by atoms with van der Waals surface area (Å²) in [5.41, 5.74) is 6.48. The van der Waals surface area contributed by atoms with E-state index in [-0.39, 0.29) is 18.1 Å². The summed E-state index contributed by atoms with van der Waals surface area (Å²) in [4.78, 5) is 44.4. The van der Waals surface area contributed by atoms with Crippen LogP contribution in [0.4, 0.5) is 11.5 Å². The topological polar surface area (TPSA) is 128 Å². The van der Waals surface area contributed by atoms with Crippen molar-refractivity contribution < 1.29 is 9.53 Å². The highest BCUT2D eigenvalue weighted by molar-refractivity contribution is 7.20. The Balaban J connectivity index is 1.89. The summed E-state index contributed by atoms with van der Waals surface area (Å²) >= 11 is 1.29. The predicted octanol–water partition coefficient (Wildman–Crippen LogP) is 3.03. The number of nitrogen functional groups attached to an aromatic ring is 1. The van der Waals surface area contributed by atoms with Crippen LogP contribution in [0, 0.1) is 6.92 Å². The van der Waals surface area contributed by atoms with Crippen molar-refractivity contribution in [2.45, 2.75) is 39.8 Å². The van der Waals surface area contributed by atoms with Crippen molar-refractivity contribution in [2.75, 3.05) is 17.7 Å². The van der Waals surface area contributed by atoms with Gasteiger partial charge in [0.2, 0.25) is 0 Å². The minimum Gasteiger partial charge on any atom is -0.496 e. The Morgan fingerprint density at radius 1 is 1.29 bits per heavy atom. The number of aromatic amines is 1. The standard InChI is InChI=1S/C24H28N6O4S/c1-5-6-11-29-20(25)19(21(31)26-24(29)33)30(13-15-9-7-8-10-17(15)34-4)22(32)18-12-16-14(2)27-28(3)23(16)35-18/h7-10,12H,5-6,11,13,25H2,1-4H3,(H,26,31,33). The lowest BCUT2D eigenvalue weighted by molar-refractivity contribution is 0.0988. The highest BCUT2D eigenvalue weighted by Gasteiger charge is 2.28. The van der Waals surface area contributed by atoms with E-state index >= 15 is 0 Å². The Morgan fingerprint density at radius 3 is 2.71 bits per heavy atom. The Labute approximate surface area is 205 Å². The summed E-state index contributed by atoms with van der Waals surface area (Å²) in [5.74, 6) is 0.111. The van der Waals surface area contributed by atoms with Crippen molar-refractivity contribution in [1.82, 2.24) is 19.3 Å². The number of aryl methyl sites for hydroxylation is 2. The molecule has 0 saturated heterocycles. The number of nitrogens with zero attached hydrogens (tertiary/aromatic N) is 4. The molecule has 1 aromatic carbocycles. The number of rotatable bonds is 8. The normalized spacial score (nSPS) is 11.2. The molecule has 0 aliphatic rings. The number of carbonyl (C=O) groups is 1. The Morgan fingerprint density at radius 2 is 2.03 bits per heavy atom. The van der Waals surface area contributed by atoms with Crippen LogP contribution in [-0.4, -0.2) is 32.3 Å². The number of nitrogens with one attached hydrogen (secondary N) is 1. The fraction of sp³-hybridized carbons (Fsp3) is 0.333. The third kappa shape index (κ3) is 4.46. The highest BCUT2D eigenvalue weighted by atomic mass is 32.1. The molecule has 184 valence electrons. The summed E-state index contributed by atoms with van der Waals surface area (Å²) in [7, 11) is 3.36. The molecule has 10 nitrogen and oxygen atoms in total. The first-order chi connectivity index (χ1) is 16.8. The predicted molar refractivity (Wildman–Crippen MR) is 137 cm³/mol. The molecule has 0 saturated carbocycles. The lowest BCUT2D eigenvalue weighted by Crippen LogP contribution is -2.40. The van der Waals surface area contributed by atoms with Gasteiger partial charge < -0.3 is 10.5 Å². The number of hydrogen-bond acceptors (Lipinski definition) is 7. The summed E-state index contributed by atoms with van der Waals surface area (Å²) in [6, 6.07) is 9.02. The van der Waals surface area contributed by atoms with Gasteiger partial charge in [0.25, 0.3) is 11.5 Å². The van der Waals surface area contributed by atoms with Crippen LogP contribution >= 0.6 is 11.3 Å². The van der Waals surface area contributed by atoms with Gasteiger partial charge in [-0.3, -0.25) is 28.7 Å². The Bertz CT molecular complexity index is 1480. The molecule has 0 spiro atoms. The molecule has 3 N–H and O–H groups in total. The first kappa shape index (κ1) is 24.3. The van der Waals surface area contributed by atoms with Crippen LogP contribution < -0.4 is 26.6 Å². The smallest absolute Gasteiger partial charge is 0.330 e. The lowest BCUT2D eigenvalue weighted by atomic mass is 10.1. The van der Waals surface area contributed by atoms with E-state index in [9.17, 15) is 14.4 Å². The van der Waals surface area contributed by atoms with Crippen molar-refractivity contribution in [2.24, 2.45) is 7.05 Å². The minimum atomic E-state index is -0.720. The Hall–Kier alpha value is -3.86. The monoisotopic (exact) mass is 496 g/mol. The zero-order valence-corrected chi connectivity index (χ0v) is 20.9. The van der Waals surface area contributed by atoms with Gasteiger partial charge in [0.15, 0.2) is 5.69 Å². The van der Waals surface area contributed by atoms with E-state index < -0.39 is 17.2 Å². The number of unbranched alkanes of at least 4 members (excludes halogenated alkanes) is 1. The SMILES string of the molecule is CCCCn1c(N)c(N(Cc2ccccc2OC)C(=O)c2cc3c(C)nn(C)c3s2)c(=O)[nH]c1=O. The molecule has 0 aliphatic carbocycles. The largest absolute Gasteiger partial charge is 0.496 e. The van der Waals surface area contributed by atoms with Gasteiger partial charge in [-0.1, -0.05) is 31.5 Å². The van der Waals surface area contributed by atoms with Crippen molar-refractivity contribution in [3.8, 4) is 5.75 Å². The number of benzene rings is 1. The fourth-order valence-electron chi connectivity index (χ4n) is 4.08. The van der Waals surface area contributed by atoms with E-state index in [1.54, 1.807) is 23.9 Å². The van der Waals surface area contributed by atoms with Gasteiger partial charge in [0.05, 0.1) is 24.2 Å². The maximum Gasteiger partial charge on any atom is 0.330 e. The van der Waals surface area contributed by atoms with Crippen molar-refractivity contribution >= 4 is 39.0 Å². The summed E-state index contributed by atoms with van der Waals surface area (Å²) in [5, 5.41) is 5.26. The summed E-state index contributed by atoms with van der Waals surface area (Å²) in [6.45, 7) is 4.22. The van der Waals surface area contributed by atoms with Gasteiger partial charge in [-0.25, -0.2) is 4.79 Å². The zero-order chi connectivity index (χ0) is 25.3. The van der Waals surface area contributed by atoms with Gasteiger partial charge in [-0.05, 0) is 25.5 Å². The molecule has 11 heteroatoms. The second-order valence-electron chi connectivity index (χ2n) is 8.24. The number of aromatic nitrogens is 4. The van der Waals surface area contributed by atoms with Crippen molar-refractivity contribution in [3.05, 3.63) is 67.3 Å². The molecule has 0 bridgehead atoms. The van der Waals surface area contributed by atoms with Crippen LogP contribution in [-0.2, 0) is 20.1 Å². The number of carbonyl (C=O) groups excluding carboxylic acids is 1. The zero-order valence-electron chi connectivity index (χ0n) is 20.1. The van der Waals surface area contributed by atoms with Gasteiger partial charge >= 0.3 is 5.69 Å². The Kier molecular flexibility index (Phi) is 6.79. The van der Waals surface area contributed by atoms with Crippen molar-refractivity contribution in [3.63, 3.8) is 0 Å². The van der Waals surface area contributed by atoms with Crippen LogP contribution in [0.2, 0.25) is 0 Å². The van der Waals surface area contributed by atoms with E-state index in [2.05, 4.69) is 10.1 Å². The summed E-state index contributed by atoms with van der Waals surface area (Å²) < 4.78 is 8.50. The van der Waals surface area contributed by atoms with Crippen LogP contribution in [0.3, 0.4) is 0 Å². The van der Waals surface area contributed by atoms with E-state index in [0.717, 1.165) is 22.3 Å². The number of para-hydroxylation sites is 1. The average molecular weight is 497 g/mol. The van der Waals surface area contributed by atoms with Crippen LogP contribution in [0.25, 0.3) is 10.2 Å². The first-order valence-electron chi connectivity index (χ1n) is 11.3. The third-order valence-corrected chi connectivity index (χ3v) is 7.08. The molecule has 1 amide bonds. The van der Waals surface area contributed by atoms with E-state index in [1.165, 1.54) is 20.8 Å². The molecule has 0 atom stereocenters. The third-order valence-electron chi connectivity index (χ3n) is 5.89. The molecule has 0 radical (unpaired) electrons. The minimum absolute atomic E-state index is 0.0214. The lowest BCUT2D eigenvalue weighted by Gasteiger charge is -2.25. The summed E-state index contributed by atoms with van der Waals surface area (Å²) in [6.07, 6.45) is 1.53. The molecular formula is C24H28N6O4S. The van der Waals surface area contributed by atoms with E-state index in [0.29, 0.717) is 29.2 Å². The molecule has 4 aromatic rings. The molecule has 3 heterocycles. The number of amides is 1. The van der Waals surface area contributed by atoms with Crippen molar-refractivity contribution in [1.29, 1.82) is 0 Å². The fourth-order valence-corrected chi connectivity index (χ4v) is 5.15. The van der Waals surface area contributed by atoms with E-state index in [4.69, 9.17) is 10.5 Å². The molecule has 0 aliphatic heterocycles. The average Bonchev–Trinajstić information content (AvgIpc) is 3.39. The molecule has 35 heavy (non-hydrogen) atoms. The number of fused-ring (bicyclic) bond motifs is 1. The van der Waals surface area contributed by atoms with E-state index in [1.807, 2.05) is 39.1 Å². The number of nitrogens with two attached hydrogens (primary N) is 1. The molecule has 4 rings (SSSR count). The quantitative estimate of drug-likeness (QED) is 0.386. The first-order valence-corrected chi connectivity index (χ1v) is 12.1. The second kappa shape index (κ2) is 9.79. The number of methoxy groups -OCH3 is 1. The number of ether oxygens (including phenoxy) is 1. The molecule has 0 fully saturated rings. The van der Waals surface area contributed by atoms with Crippen LogP contribution in [0.15, 0.2) is 39.9 Å². The molecule has 3 aromatic heterocycles. The number of hydrogen-bond donors (Lipinski definition) is 2. The number of thiophene rings is 1. The number of H-pyrrole nitrogens is 1. The van der Waals surface area contributed by atoms with Gasteiger partial charge in [0.1, 0.15) is 16.4 Å². The maximum atomic E-state index is 13.9. The van der Waals surface area contributed by atoms with Crippen LogP contribution in [0.5, 0.6) is 5.75 Å². The van der Waals surface area contributed by atoms with Gasteiger partial charge in [-0.2, -0.15) is 5.10 Å².